The van der Waals surface area contributed by atoms with E-state index in [0.29, 0.717) is 5.56 Å². The highest BCUT2D eigenvalue weighted by atomic mass is 16.2. The van der Waals surface area contributed by atoms with Crippen molar-refractivity contribution in [3.05, 3.63) is 94.8 Å². The number of hydrogen-bond donors (Lipinski definition) is 1. The second-order valence-corrected chi connectivity index (χ2v) is 7.25. The lowest BCUT2D eigenvalue weighted by atomic mass is 9.96. The summed E-state index contributed by atoms with van der Waals surface area (Å²) in [5, 5.41) is 0. The normalized spacial score (nSPS) is 14.2. The van der Waals surface area contributed by atoms with Crippen molar-refractivity contribution in [2.24, 2.45) is 10.7 Å². The molecule has 3 heterocycles. The van der Waals surface area contributed by atoms with E-state index in [1.54, 1.807) is 18.3 Å². The molecule has 0 fully saturated rings. The number of primary amides is 1. The van der Waals surface area contributed by atoms with Crippen molar-refractivity contribution in [2.75, 3.05) is 18.0 Å². The van der Waals surface area contributed by atoms with Gasteiger partial charge in [0, 0.05) is 30.1 Å². The second kappa shape index (κ2) is 8.29. The summed E-state index contributed by atoms with van der Waals surface area (Å²) in [6, 6.07) is 17.8. The molecule has 0 aliphatic carbocycles. The van der Waals surface area contributed by atoms with Gasteiger partial charge in [-0.3, -0.25) is 19.6 Å². The lowest BCUT2D eigenvalue weighted by Gasteiger charge is -2.18. The Balaban J connectivity index is 0.000000204. The van der Waals surface area contributed by atoms with Gasteiger partial charge < -0.3 is 10.6 Å². The van der Waals surface area contributed by atoms with Crippen molar-refractivity contribution in [1.82, 2.24) is 4.98 Å². The zero-order chi connectivity index (χ0) is 21.1. The lowest BCUT2D eigenvalue weighted by Crippen LogP contribution is -2.30. The minimum absolute atomic E-state index is 0.102. The Morgan fingerprint density at radius 2 is 1.90 bits per heavy atom. The van der Waals surface area contributed by atoms with E-state index in [1.165, 1.54) is 17.3 Å². The summed E-state index contributed by atoms with van der Waals surface area (Å²) in [6.45, 7) is 3.12. The number of aliphatic imine (C=N–C) groups is 1. The number of aryl methyl sites for hydroxylation is 1. The van der Waals surface area contributed by atoms with E-state index in [1.807, 2.05) is 23.1 Å². The average Bonchev–Trinajstić information content (AvgIpc) is 3.13. The maximum Gasteiger partial charge on any atom is 0.250 e. The maximum atomic E-state index is 12.3. The smallest absolute Gasteiger partial charge is 0.250 e. The summed E-state index contributed by atoms with van der Waals surface area (Å²) in [6.07, 6.45) is 3.96. The van der Waals surface area contributed by atoms with Gasteiger partial charge in [-0.1, -0.05) is 42.0 Å². The van der Waals surface area contributed by atoms with Gasteiger partial charge in [0.2, 0.25) is 11.8 Å². The lowest BCUT2D eigenvalue weighted by molar-refractivity contribution is -0.117. The summed E-state index contributed by atoms with van der Waals surface area (Å²) in [5.41, 5.74) is 12.1. The SMILES string of the molecule is Cc1cc2c3c(c1)C(c1ccccc1)=NCC(=O)N3CC2.NC(=O)c1cccnc1. The number of pyridine rings is 1. The van der Waals surface area contributed by atoms with Crippen LogP contribution in [0, 0.1) is 6.92 Å². The third kappa shape index (κ3) is 3.85. The molecule has 6 nitrogen and oxygen atoms in total. The fourth-order valence-corrected chi connectivity index (χ4v) is 3.81. The standard InChI is InChI=1S/C18H16N2O.C6H6N2O/c1-12-9-14-7-8-20-16(21)11-19-17(15(10-12)18(14)20)13-5-3-2-4-6-13;7-6(9)5-2-1-3-8-4-5/h2-6,9-10H,7-8,11H2,1H3;1-4H,(H2,7,9). The van der Waals surface area contributed by atoms with Gasteiger partial charge >= 0.3 is 0 Å². The Bertz CT molecular complexity index is 1120. The highest BCUT2D eigenvalue weighted by molar-refractivity contribution is 6.20. The number of amides is 2. The van der Waals surface area contributed by atoms with E-state index in [-0.39, 0.29) is 12.5 Å². The van der Waals surface area contributed by atoms with Gasteiger partial charge in [0.1, 0.15) is 6.54 Å². The van der Waals surface area contributed by atoms with Gasteiger partial charge in [0.25, 0.3) is 0 Å². The molecule has 0 unspecified atom stereocenters. The van der Waals surface area contributed by atoms with E-state index in [9.17, 15) is 9.59 Å². The minimum atomic E-state index is -0.442. The highest BCUT2D eigenvalue weighted by Gasteiger charge is 2.31. The van der Waals surface area contributed by atoms with E-state index >= 15 is 0 Å². The Morgan fingerprint density at radius 3 is 2.57 bits per heavy atom. The molecule has 2 N–H and O–H groups in total. The number of hydrogen-bond acceptors (Lipinski definition) is 4. The molecule has 0 atom stereocenters. The summed E-state index contributed by atoms with van der Waals surface area (Å²) in [4.78, 5) is 32.9. The third-order valence-electron chi connectivity index (χ3n) is 5.13. The van der Waals surface area contributed by atoms with Gasteiger partial charge in [0.15, 0.2) is 0 Å². The summed E-state index contributed by atoms with van der Waals surface area (Å²) >= 11 is 0. The third-order valence-corrected chi connectivity index (χ3v) is 5.13. The number of nitrogens with zero attached hydrogens (tertiary/aromatic N) is 3. The van der Waals surface area contributed by atoms with E-state index in [2.05, 4.69) is 41.2 Å². The van der Waals surface area contributed by atoms with Crippen molar-refractivity contribution in [1.29, 1.82) is 0 Å². The van der Waals surface area contributed by atoms with Crippen molar-refractivity contribution in [3.8, 4) is 0 Å². The van der Waals surface area contributed by atoms with Gasteiger partial charge in [-0.25, -0.2) is 0 Å². The molecule has 3 aromatic rings. The number of benzene rings is 2. The predicted molar refractivity (Wildman–Crippen MR) is 117 cm³/mol. The van der Waals surface area contributed by atoms with Crippen molar-refractivity contribution in [3.63, 3.8) is 0 Å². The molecule has 0 spiro atoms. The fourth-order valence-electron chi connectivity index (χ4n) is 3.81. The number of carbonyl (C=O) groups excluding carboxylic acids is 2. The maximum absolute atomic E-state index is 12.3. The number of nitrogens with two attached hydrogens (primary N) is 1. The van der Waals surface area contributed by atoms with Crippen molar-refractivity contribution >= 4 is 23.2 Å². The number of carbonyl (C=O) groups is 2. The van der Waals surface area contributed by atoms with Gasteiger partial charge in [-0.05, 0) is 37.1 Å². The number of rotatable bonds is 2. The second-order valence-electron chi connectivity index (χ2n) is 7.25. The predicted octanol–water partition coefficient (Wildman–Crippen LogP) is 2.92. The molecular formula is C24H22N4O2. The molecule has 1 aromatic heterocycles. The Hall–Kier alpha value is -3.80. The van der Waals surface area contributed by atoms with Crippen molar-refractivity contribution in [2.45, 2.75) is 13.3 Å². The van der Waals surface area contributed by atoms with E-state index in [4.69, 9.17) is 5.73 Å². The molecule has 2 aromatic carbocycles. The molecule has 30 heavy (non-hydrogen) atoms. The van der Waals surface area contributed by atoms with Crippen LogP contribution in [0.1, 0.15) is 32.6 Å². The molecule has 2 amide bonds. The molecule has 2 aliphatic heterocycles. The Morgan fingerprint density at radius 1 is 1.10 bits per heavy atom. The first-order chi connectivity index (χ1) is 14.5. The first kappa shape index (κ1) is 19.5. The van der Waals surface area contributed by atoms with Crippen LogP contribution < -0.4 is 10.6 Å². The number of aromatic nitrogens is 1. The summed E-state index contributed by atoms with van der Waals surface area (Å²) in [5.74, 6) is -0.340. The molecule has 0 saturated carbocycles. The average molecular weight is 398 g/mol. The summed E-state index contributed by atoms with van der Waals surface area (Å²) in [7, 11) is 0. The van der Waals surface area contributed by atoms with Crippen LogP contribution in [0.4, 0.5) is 5.69 Å². The van der Waals surface area contributed by atoms with Crippen LogP contribution in [0.2, 0.25) is 0 Å². The quantitative estimate of drug-likeness (QED) is 0.720. The molecule has 0 saturated heterocycles. The molecule has 5 rings (SSSR count). The van der Waals surface area contributed by atoms with Crippen LogP contribution in [0.25, 0.3) is 0 Å². The topological polar surface area (TPSA) is 88.6 Å². The molecular weight excluding hydrogens is 376 g/mol. The first-order valence-corrected chi connectivity index (χ1v) is 9.78. The van der Waals surface area contributed by atoms with Crippen LogP contribution >= 0.6 is 0 Å². The molecule has 2 aliphatic rings. The Kier molecular flexibility index (Phi) is 5.39. The van der Waals surface area contributed by atoms with Crippen molar-refractivity contribution < 1.29 is 9.59 Å². The van der Waals surface area contributed by atoms with Crippen LogP contribution in [0.15, 0.2) is 72.0 Å². The van der Waals surface area contributed by atoms with Gasteiger partial charge in [-0.2, -0.15) is 0 Å². The highest BCUT2D eigenvalue weighted by Crippen LogP contribution is 2.36. The summed E-state index contributed by atoms with van der Waals surface area (Å²) < 4.78 is 0. The molecule has 6 heteroatoms. The monoisotopic (exact) mass is 398 g/mol. The fraction of sp³-hybridized carbons (Fsp3) is 0.167. The van der Waals surface area contributed by atoms with Crippen LogP contribution in [-0.4, -0.2) is 35.6 Å². The van der Waals surface area contributed by atoms with Crippen LogP contribution in [0.5, 0.6) is 0 Å². The van der Waals surface area contributed by atoms with E-state index in [0.717, 1.165) is 35.5 Å². The minimum Gasteiger partial charge on any atom is -0.366 e. The van der Waals surface area contributed by atoms with E-state index < -0.39 is 5.91 Å². The Labute approximate surface area is 175 Å². The van der Waals surface area contributed by atoms with Gasteiger partial charge in [-0.15, -0.1) is 0 Å². The molecule has 150 valence electrons. The number of anilines is 1. The van der Waals surface area contributed by atoms with Gasteiger partial charge in [0.05, 0.1) is 17.0 Å². The van der Waals surface area contributed by atoms with Crippen LogP contribution in [0.3, 0.4) is 0 Å². The first-order valence-electron chi connectivity index (χ1n) is 9.78. The molecule has 0 radical (unpaired) electrons. The zero-order valence-corrected chi connectivity index (χ0v) is 16.7. The van der Waals surface area contributed by atoms with Crippen LogP contribution in [-0.2, 0) is 11.2 Å². The zero-order valence-electron chi connectivity index (χ0n) is 16.7. The largest absolute Gasteiger partial charge is 0.366 e. The molecule has 0 bridgehead atoms.